The van der Waals surface area contributed by atoms with Gasteiger partial charge in [-0.25, -0.2) is 0 Å². The van der Waals surface area contributed by atoms with Gasteiger partial charge in [-0.05, 0) is 12.1 Å². The van der Waals surface area contributed by atoms with Gasteiger partial charge in [0.15, 0.2) is 11.5 Å². The molecule has 0 saturated heterocycles. The molecular formula is C17H20N2O4S. The Kier molecular flexibility index (Phi) is 6.20. The van der Waals surface area contributed by atoms with Crippen LogP contribution in [0.15, 0.2) is 41.3 Å². The number of anilines is 2. The number of carbonyl (C=O) groups is 1. The number of nitrogens with two attached hydrogens (primary N) is 1. The lowest BCUT2D eigenvalue weighted by Gasteiger charge is -2.14. The lowest BCUT2D eigenvalue weighted by atomic mass is 10.2. The lowest BCUT2D eigenvalue weighted by molar-refractivity contribution is -0.113. The SMILES string of the molecule is COc1cc(NC(=O)CSc2ccccc2N)cc(OC)c1OC. The first-order valence-electron chi connectivity index (χ1n) is 7.16. The van der Waals surface area contributed by atoms with Gasteiger partial charge in [0.1, 0.15) is 0 Å². The molecule has 0 aromatic heterocycles. The average molecular weight is 348 g/mol. The van der Waals surface area contributed by atoms with E-state index >= 15 is 0 Å². The molecule has 24 heavy (non-hydrogen) atoms. The molecule has 1 amide bonds. The van der Waals surface area contributed by atoms with Crippen molar-refractivity contribution in [3.8, 4) is 17.2 Å². The fourth-order valence-electron chi connectivity index (χ4n) is 2.11. The van der Waals surface area contributed by atoms with E-state index in [-0.39, 0.29) is 11.7 Å². The molecule has 0 aliphatic heterocycles. The minimum atomic E-state index is -0.155. The third-order valence-electron chi connectivity index (χ3n) is 3.23. The lowest BCUT2D eigenvalue weighted by Crippen LogP contribution is -2.14. The summed E-state index contributed by atoms with van der Waals surface area (Å²) in [6.45, 7) is 0. The molecule has 7 heteroatoms. The van der Waals surface area contributed by atoms with Crippen molar-refractivity contribution in [2.75, 3.05) is 38.1 Å². The third kappa shape index (κ3) is 4.26. The number of thioether (sulfide) groups is 1. The second-order valence-electron chi connectivity index (χ2n) is 4.79. The summed E-state index contributed by atoms with van der Waals surface area (Å²) in [5, 5.41) is 2.82. The Balaban J connectivity index is 2.07. The van der Waals surface area contributed by atoms with E-state index < -0.39 is 0 Å². The molecular weight excluding hydrogens is 328 g/mol. The number of para-hydroxylation sites is 1. The molecule has 0 fully saturated rings. The number of rotatable bonds is 7. The van der Waals surface area contributed by atoms with Crippen LogP contribution < -0.4 is 25.3 Å². The molecule has 6 nitrogen and oxygen atoms in total. The molecule has 2 aromatic carbocycles. The molecule has 0 heterocycles. The summed E-state index contributed by atoms with van der Waals surface area (Å²) < 4.78 is 15.8. The van der Waals surface area contributed by atoms with Crippen LogP contribution in [0.3, 0.4) is 0 Å². The Bertz CT molecular complexity index is 696. The second kappa shape index (κ2) is 8.35. The van der Waals surface area contributed by atoms with Crippen LogP contribution in [0.2, 0.25) is 0 Å². The summed E-state index contributed by atoms with van der Waals surface area (Å²) in [6.07, 6.45) is 0. The number of nitrogen functional groups attached to an aromatic ring is 1. The van der Waals surface area contributed by atoms with Crippen LogP contribution in [-0.2, 0) is 4.79 Å². The predicted octanol–water partition coefficient (Wildman–Crippen LogP) is 3.03. The Morgan fingerprint density at radius 2 is 1.71 bits per heavy atom. The fourth-order valence-corrected chi connectivity index (χ4v) is 2.87. The minimum Gasteiger partial charge on any atom is -0.493 e. The van der Waals surface area contributed by atoms with Gasteiger partial charge in [0.25, 0.3) is 0 Å². The van der Waals surface area contributed by atoms with Gasteiger partial charge in [-0.3, -0.25) is 4.79 Å². The number of methoxy groups -OCH3 is 3. The largest absolute Gasteiger partial charge is 0.493 e. The van der Waals surface area contributed by atoms with E-state index in [9.17, 15) is 4.79 Å². The van der Waals surface area contributed by atoms with E-state index in [0.717, 1.165) is 4.90 Å². The molecule has 0 saturated carbocycles. The fraction of sp³-hybridized carbons (Fsp3) is 0.235. The summed E-state index contributed by atoms with van der Waals surface area (Å²) in [5.74, 6) is 1.52. The zero-order valence-electron chi connectivity index (χ0n) is 13.8. The smallest absolute Gasteiger partial charge is 0.234 e. The van der Waals surface area contributed by atoms with Gasteiger partial charge in [0.2, 0.25) is 11.7 Å². The zero-order valence-corrected chi connectivity index (χ0v) is 14.6. The molecule has 0 unspecified atom stereocenters. The van der Waals surface area contributed by atoms with Gasteiger partial charge in [-0.15, -0.1) is 11.8 Å². The van der Waals surface area contributed by atoms with Gasteiger partial charge in [0.05, 0.1) is 27.1 Å². The van der Waals surface area contributed by atoms with Crippen LogP contribution in [-0.4, -0.2) is 33.0 Å². The van der Waals surface area contributed by atoms with Gasteiger partial charge in [0, 0.05) is 28.4 Å². The number of nitrogens with one attached hydrogen (secondary N) is 1. The standard InChI is InChI=1S/C17H20N2O4S/c1-21-13-8-11(9-14(22-2)17(13)23-3)19-16(20)10-24-15-7-5-4-6-12(15)18/h4-9H,10,18H2,1-3H3,(H,19,20). The minimum absolute atomic E-state index is 0.155. The average Bonchev–Trinajstić information content (AvgIpc) is 2.60. The van der Waals surface area contributed by atoms with Crippen LogP contribution in [0.5, 0.6) is 17.2 Å². The van der Waals surface area contributed by atoms with Crippen molar-refractivity contribution in [1.82, 2.24) is 0 Å². The molecule has 0 bridgehead atoms. The number of hydrogen-bond acceptors (Lipinski definition) is 6. The third-order valence-corrected chi connectivity index (χ3v) is 4.32. The number of hydrogen-bond donors (Lipinski definition) is 2. The van der Waals surface area contributed by atoms with Crippen molar-refractivity contribution >= 4 is 29.0 Å². The highest BCUT2D eigenvalue weighted by atomic mass is 32.2. The first kappa shape index (κ1) is 17.8. The molecule has 128 valence electrons. The molecule has 2 aromatic rings. The van der Waals surface area contributed by atoms with E-state index in [1.165, 1.54) is 33.1 Å². The number of benzene rings is 2. The van der Waals surface area contributed by atoms with Crippen LogP contribution in [0.4, 0.5) is 11.4 Å². The molecule has 2 rings (SSSR count). The Morgan fingerprint density at radius 3 is 2.25 bits per heavy atom. The molecule has 0 spiro atoms. The highest BCUT2D eigenvalue weighted by Gasteiger charge is 2.14. The number of carbonyl (C=O) groups excluding carboxylic acids is 1. The number of ether oxygens (including phenoxy) is 3. The maximum Gasteiger partial charge on any atom is 0.234 e. The number of amides is 1. The molecule has 0 radical (unpaired) electrons. The Morgan fingerprint density at radius 1 is 1.08 bits per heavy atom. The topological polar surface area (TPSA) is 82.8 Å². The quantitative estimate of drug-likeness (QED) is 0.591. The molecule has 0 atom stereocenters. The predicted molar refractivity (Wildman–Crippen MR) is 96.3 cm³/mol. The monoisotopic (exact) mass is 348 g/mol. The Hall–Kier alpha value is -2.54. The van der Waals surface area contributed by atoms with Crippen molar-refractivity contribution in [3.05, 3.63) is 36.4 Å². The Labute approximate surface area is 145 Å². The van der Waals surface area contributed by atoms with E-state index in [1.807, 2.05) is 18.2 Å². The molecule has 3 N–H and O–H groups in total. The van der Waals surface area contributed by atoms with Gasteiger partial charge in [-0.2, -0.15) is 0 Å². The van der Waals surface area contributed by atoms with Crippen LogP contribution in [0.1, 0.15) is 0 Å². The maximum absolute atomic E-state index is 12.2. The second-order valence-corrected chi connectivity index (χ2v) is 5.81. The summed E-state index contributed by atoms with van der Waals surface area (Å²) in [7, 11) is 4.58. The van der Waals surface area contributed by atoms with Crippen LogP contribution in [0, 0.1) is 0 Å². The van der Waals surface area contributed by atoms with E-state index in [4.69, 9.17) is 19.9 Å². The summed E-state index contributed by atoms with van der Waals surface area (Å²) in [6, 6.07) is 10.8. The molecule has 0 aliphatic carbocycles. The summed E-state index contributed by atoms with van der Waals surface area (Å²) in [4.78, 5) is 13.0. The highest BCUT2D eigenvalue weighted by Crippen LogP contribution is 2.40. The van der Waals surface area contributed by atoms with Crippen molar-refractivity contribution in [1.29, 1.82) is 0 Å². The van der Waals surface area contributed by atoms with Crippen LogP contribution in [0.25, 0.3) is 0 Å². The normalized spacial score (nSPS) is 10.1. The summed E-state index contributed by atoms with van der Waals surface area (Å²) >= 11 is 1.38. The van der Waals surface area contributed by atoms with Crippen molar-refractivity contribution in [2.45, 2.75) is 4.90 Å². The highest BCUT2D eigenvalue weighted by molar-refractivity contribution is 8.00. The van der Waals surface area contributed by atoms with Crippen molar-refractivity contribution < 1.29 is 19.0 Å². The van der Waals surface area contributed by atoms with E-state index in [1.54, 1.807) is 18.2 Å². The van der Waals surface area contributed by atoms with Gasteiger partial charge < -0.3 is 25.3 Å². The first-order valence-corrected chi connectivity index (χ1v) is 8.14. The maximum atomic E-state index is 12.2. The van der Waals surface area contributed by atoms with Crippen LogP contribution >= 0.6 is 11.8 Å². The molecule has 0 aliphatic rings. The van der Waals surface area contributed by atoms with Gasteiger partial charge >= 0.3 is 0 Å². The zero-order chi connectivity index (χ0) is 17.5. The summed E-state index contributed by atoms with van der Waals surface area (Å²) in [5.41, 5.74) is 7.09. The van der Waals surface area contributed by atoms with Crippen molar-refractivity contribution in [2.24, 2.45) is 0 Å². The van der Waals surface area contributed by atoms with Gasteiger partial charge in [-0.1, -0.05) is 12.1 Å². The van der Waals surface area contributed by atoms with E-state index in [0.29, 0.717) is 28.6 Å². The first-order chi connectivity index (χ1) is 11.6. The van der Waals surface area contributed by atoms with Crippen molar-refractivity contribution in [3.63, 3.8) is 0 Å². The van der Waals surface area contributed by atoms with E-state index in [2.05, 4.69) is 5.32 Å².